The van der Waals surface area contributed by atoms with Crippen molar-refractivity contribution in [2.24, 2.45) is 0 Å². The molecule has 0 aliphatic rings. The van der Waals surface area contributed by atoms with Gasteiger partial charge in [0.25, 0.3) is 0 Å². The third kappa shape index (κ3) is 51.8. The van der Waals surface area contributed by atoms with Gasteiger partial charge in [-0.15, -0.1) is 18.3 Å². The average molecular weight is 423 g/mol. The normalized spacial score (nSPS) is 10.6. The summed E-state index contributed by atoms with van der Waals surface area (Å²) in [4.78, 5) is 1.93. The van der Waals surface area contributed by atoms with Gasteiger partial charge in [-0.1, -0.05) is 67.4 Å². The van der Waals surface area contributed by atoms with Crippen LogP contribution in [0.1, 0.15) is 95.4 Å². The van der Waals surface area contributed by atoms with Crippen molar-refractivity contribution in [2.45, 2.75) is 126 Å². The van der Waals surface area contributed by atoms with E-state index in [0.717, 1.165) is 19.3 Å². The summed E-state index contributed by atoms with van der Waals surface area (Å²) in [7, 11) is 0. The van der Waals surface area contributed by atoms with Gasteiger partial charge in [-0.25, -0.2) is 0 Å². The first-order valence-corrected chi connectivity index (χ1v) is 9.83. The van der Waals surface area contributed by atoms with Crippen LogP contribution in [0, 0.1) is 0 Å². The number of rotatable bonds is 6. The molecule has 0 bridgehead atoms. The van der Waals surface area contributed by atoms with E-state index in [0.29, 0.717) is 12.1 Å². The molecule has 0 aromatic heterocycles. The molecule has 0 saturated heterocycles. The standard InChI is InChI=1S/C12H25NO.3C3H7O.Ti/c1-6-7-8-9-12(14)13(10(2)3)11(4)5;3*1-3(2)4;/h9-11,14H,6-8H2,1-5H3;3*3H,1-2H3;/q;3*-1;+4/p-1/b12-9+;;;;. The molecule has 6 heteroatoms. The molecule has 0 aromatic rings. The quantitative estimate of drug-likeness (QED) is 0.369. The molecule has 0 spiro atoms. The van der Waals surface area contributed by atoms with E-state index in [9.17, 15) is 20.4 Å². The van der Waals surface area contributed by atoms with Gasteiger partial charge >= 0.3 is 21.7 Å². The Hall–Kier alpha value is -0.0657. The molecule has 0 fully saturated rings. The molecule has 27 heavy (non-hydrogen) atoms. The fourth-order valence-corrected chi connectivity index (χ4v) is 1.64. The molecule has 0 aromatic carbocycles. The van der Waals surface area contributed by atoms with Gasteiger partial charge < -0.3 is 25.3 Å². The first kappa shape index (κ1) is 37.7. The summed E-state index contributed by atoms with van der Waals surface area (Å²) in [5, 5.41) is 40.4. The van der Waals surface area contributed by atoms with Crippen LogP contribution in [0.5, 0.6) is 0 Å². The van der Waals surface area contributed by atoms with Crippen molar-refractivity contribution in [3.05, 3.63) is 12.0 Å². The Kier molecular flexibility index (Phi) is 36.2. The van der Waals surface area contributed by atoms with Crippen LogP contribution in [0.15, 0.2) is 12.0 Å². The third-order valence-electron chi connectivity index (χ3n) is 2.24. The second-order valence-electron chi connectivity index (χ2n) is 7.43. The van der Waals surface area contributed by atoms with E-state index < -0.39 is 18.3 Å². The van der Waals surface area contributed by atoms with E-state index in [1.807, 2.05) is 11.0 Å². The van der Waals surface area contributed by atoms with E-state index >= 15 is 0 Å². The SMILES string of the molecule is CC(C)[O-].CC(C)[O-].CC(C)[O-].CCCC/C=C(/[O-])N(C(C)C)C(C)C.[Ti+4]. The van der Waals surface area contributed by atoms with Crippen LogP contribution < -0.4 is 20.4 Å². The molecule has 0 unspecified atom stereocenters. The van der Waals surface area contributed by atoms with Crippen LogP contribution in [-0.2, 0) is 21.7 Å². The van der Waals surface area contributed by atoms with Crippen molar-refractivity contribution < 1.29 is 42.1 Å². The van der Waals surface area contributed by atoms with Crippen LogP contribution in [-0.4, -0.2) is 35.3 Å². The van der Waals surface area contributed by atoms with E-state index in [-0.39, 0.29) is 27.6 Å². The summed E-state index contributed by atoms with van der Waals surface area (Å²) in [6.07, 6.45) is 3.73. The molecule has 0 N–H and O–H groups in total. The fourth-order valence-electron chi connectivity index (χ4n) is 1.64. The van der Waals surface area contributed by atoms with Crippen molar-refractivity contribution in [2.75, 3.05) is 0 Å². The molecule has 0 aliphatic heterocycles. The van der Waals surface area contributed by atoms with E-state index in [1.165, 1.54) is 0 Å². The molecule has 162 valence electrons. The van der Waals surface area contributed by atoms with Crippen LogP contribution in [0.2, 0.25) is 0 Å². The van der Waals surface area contributed by atoms with Gasteiger partial charge in [0, 0.05) is 12.1 Å². The van der Waals surface area contributed by atoms with E-state index in [1.54, 1.807) is 41.5 Å². The molecular weight excluding hydrogens is 378 g/mol. The van der Waals surface area contributed by atoms with Gasteiger partial charge in [-0.05, 0) is 40.0 Å². The van der Waals surface area contributed by atoms with Crippen molar-refractivity contribution in [1.82, 2.24) is 4.90 Å². The van der Waals surface area contributed by atoms with Crippen LogP contribution in [0.4, 0.5) is 0 Å². The Balaban J connectivity index is -0.000000102. The van der Waals surface area contributed by atoms with E-state index in [2.05, 4.69) is 34.6 Å². The summed E-state index contributed by atoms with van der Waals surface area (Å²) in [6.45, 7) is 20.1. The zero-order valence-corrected chi connectivity index (χ0v) is 21.2. The summed E-state index contributed by atoms with van der Waals surface area (Å²) < 4.78 is 0. The summed E-state index contributed by atoms with van der Waals surface area (Å²) in [5.74, 6) is 0.184. The average Bonchev–Trinajstić information content (AvgIpc) is 2.35. The minimum absolute atomic E-state index is 0. The first-order chi connectivity index (χ1) is 11.7. The molecule has 5 nitrogen and oxygen atoms in total. The molecule has 0 atom stereocenters. The fraction of sp³-hybridized carbons (Fsp3) is 0.905. The Morgan fingerprint density at radius 2 is 1.00 bits per heavy atom. The van der Waals surface area contributed by atoms with Crippen molar-refractivity contribution in [1.29, 1.82) is 0 Å². The Morgan fingerprint density at radius 3 is 1.19 bits per heavy atom. The predicted molar refractivity (Wildman–Crippen MR) is 105 cm³/mol. The molecule has 0 saturated carbocycles. The largest absolute Gasteiger partial charge is 4.00 e. The molecule has 0 aliphatic carbocycles. The number of hydrogen-bond donors (Lipinski definition) is 0. The zero-order valence-electron chi connectivity index (χ0n) is 19.7. The third-order valence-corrected chi connectivity index (χ3v) is 2.24. The van der Waals surface area contributed by atoms with Crippen LogP contribution in [0.25, 0.3) is 0 Å². The summed E-state index contributed by atoms with van der Waals surface area (Å²) in [5.41, 5.74) is 0. The summed E-state index contributed by atoms with van der Waals surface area (Å²) in [6, 6.07) is 0.584. The van der Waals surface area contributed by atoms with E-state index in [4.69, 9.17) is 0 Å². The topological polar surface area (TPSA) is 95.5 Å². The van der Waals surface area contributed by atoms with Crippen molar-refractivity contribution in [3.63, 3.8) is 0 Å². The summed E-state index contributed by atoms with van der Waals surface area (Å²) >= 11 is 0. The monoisotopic (exact) mass is 423 g/mol. The zero-order chi connectivity index (χ0) is 21.9. The van der Waals surface area contributed by atoms with Gasteiger partial charge in [0.1, 0.15) is 0 Å². The predicted octanol–water partition coefficient (Wildman–Crippen LogP) is 1.76. The van der Waals surface area contributed by atoms with Gasteiger partial charge in [-0.2, -0.15) is 0 Å². The Bertz CT molecular complexity index is 263. The first-order valence-electron chi connectivity index (χ1n) is 9.83. The van der Waals surface area contributed by atoms with Gasteiger partial charge in [0.15, 0.2) is 0 Å². The Labute approximate surface area is 184 Å². The maximum absolute atomic E-state index is 11.8. The minimum atomic E-state index is -0.417. The maximum atomic E-state index is 11.8. The molecule has 0 rings (SSSR count). The van der Waals surface area contributed by atoms with Gasteiger partial charge in [-0.3, -0.25) is 0 Å². The van der Waals surface area contributed by atoms with Crippen LogP contribution in [0.3, 0.4) is 0 Å². The molecule has 0 amide bonds. The Morgan fingerprint density at radius 1 is 0.741 bits per heavy atom. The molecule has 0 radical (unpaired) electrons. The number of hydrogen-bond acceptors (Lipinski definition) is 5. The maximum Gasteiger partial charge on any atom is 4.00 e. The smallest absolute Gasteiger partial charge is 0.861 e. The second kappa shape index (κ2) is 25.9. The number of allylic oxidation sites excluding steroid dienone is 1. The van der Waals surface area contributed by atoms with Crippen molar-refractivity contribution >= 4 is 0 Å². The number of nitrogens with zero attached hydrogens (tertiary/aromatic N) is 1. The second-order valence-corrected chi connectivity index (χ2v) is 7.43. The van der Waals surface area contributed by atoms with Crippen molar-refractivity contribution in [3.8, 4) is 0 Å². The minimum Gasteiger partial charge on any atom is -0.861 e. The molecule has 0 heterocycles. The number of unbranched alkanes of at least 4 members (excludes halogenated alkanes) is 2. The van der Waals surface area contributed by atoms with Crippen LogP contribution >= 0.6 is 0 Å². The molecular formula is C21H45NO4Ti. The van der Waals surface area contributed by atoms with Gasteiger partial charge in [0.05, 0.1) is 0 Å². The van der Waals surface area contributed by atoms with Gasteiger partial charge in [0.2, 0.25) is 0 Å².